The Labute approximate surface area is 255 Å². The van der Waals surface area contributed by atoms with Crippen LogP contribution in [0.4, 0.5) is 5.13 Å². The standard InChI is InChI=1S/C30H27BrN4O5S2/c1-3-5-16-34(4-2)42(38,39)23-13-10-20(11-14-23)29(37)35(30-33-25-15-12-22(31)17-27(25)41-30)32-18-21-19-40-26-9-7-6-8-24(26)28(21)36/h6-15,17-19H,3-5,16H2,1-2H3/b32-18+. The van der Waals surface area contributed by atoms with Crippen LogP contribution in [-0.4, -0.2) is 42.9 Å². The van der Waals surface area contributed by atoms with Gasteiger partial charge in [0, 0.05) is 23.1 Å². The number of aromatic nitrogens is 1. The van der Waals surface area contributed by atoms with Crippen molar-refractivity contribution in [2.24, 2.45) is 5.10 Å². The minimum absolute atomic E-state index is 0.102. The minimum Gasteiger partial charge on any atom is -0.463 e. The molecule has 42 heavy (non-hydrogen) atoms. The smallest absolute Gasteiger partial charge is 0.280 e. The van der Waals surface area contributed by atoms with E-state index in [9.17, 15) is 18.0 Å². The molecule has 0 aliphatic carbocycles. The first-order chi connectivity index (χ1) is 20.2. The number of thiazole rings is 1. The molecule has 5 rings (SSSR count). The van der Waals surface area contributed by atoms with E-state index < -0.39 is 15.9 Å². The molecule has 0 unspecified atom stereocenters. The second kappa shape index (κ2) is 12.7. The van der Waals surface area contributed by atoms with Gasteiger partial charge in [0.05, 0.1) is 32.3 Å². The lowest BCUT2D eigenvalue weighted by Gasteiger charge is -2.20. The van der Waals surface area contributed by atoms with E-state index in [0.717, 1.165) is 27.0 Å². The van der Waals surface area contributed by atoms with Crippen molar-refractivity contribution in [2.75, 3.05) is 18.1 Å². The number of benzene rings is 3. The van der Waals surface area contributed by atoms with Crippen LogP contribution in [0.25, 0.3) is 21.2 Å². The molecule has 12 heteroatoms. The molecule has 0 saturated heterocycles. The molecule has 0 atom stereocenters. The molecule has 0 saturated carbocycles. The number of unbranched alkanes of at least 4 members (excludes halogenated alkanes) is 1. The summed E-state index contributed by atoms with van der Waals surface area (Å²) >= 11 is 4.71. The van der Waals surface area contributed by atoms with Gasteiger partial charge in [0.1, 0.15) is 11.8 Å². The number of fused-ring (bicyclic) bond motifs is 2. The van der Waals surface area contributed by atoms with Crippen molar-refractivity contribution in [2.45, 2.75) is 31.6 Å². The van der Waals surface area contributed by atoms with E-state index in [1.165, 1.54) is 52.4 Å². The first-order valence-electron chi connectivity index (χ1n) is 13.3. The quantitative estimate of drug-likeness (QED) is 0.122. The van der Waals surface area contributed by atoms with E-state index in [2.05, 4.69) is 26.0 Å². The summed E-state index contributed by atoms with van der Waals surface area (Å²) in [6.45, 7) is 4.58. The summed E-state index contributed by atoms with van der Waals surface area (Å²) in [7, 11) is -3.71. The van der Waals surface area contributed by atoms with Crippen molar-refractivity contribution in [1.29, 1.82) is 0 Å². The lowest BCUT2D eigenvalue weighted by Crippen LogP contribution is -2.32. The number of carbonyl (C=O) groups is 1. The van der Waals surface area contributed by atoms with Crippen LogP contribution in [0, 0.1) is 0 Å². The van der Waals surface area contributed by atoms with E-state index >= 15 is 0 Å². The highest BCUT2D eigenvalue weighted by Crippen LogP contribution is 2.32. The summed E-state index contributed by atoms with van der Waals surface area (Å²) in [4.78, 5) is 31.5. The minimum atomic E-state index is -3.71. The monoisotopic (exact) mass is 666 g/mol. The zero-order chi connectivity index (χ0) is 29.9. The maximum atomic E-state index is 13.8. The van der Waals surface area contributed by atoms with Crippen LogP contribution in [0.3, 0.4) is 0 Å². The molecule has 216 valence electrons. The Bertz CT molecular complexity index is 1950. The third-order valence-corrected chi connectivity index (χ3v) is 10.1. The molecule has 0 aliphatic rings. The van der Waals surface area contributed by atoms with Gasteiger partial charge in [0.15, 0.2) is 0 Å². The number of halogens is 1. The highest BCUT2D eigenvalue weighted by atomic mass is 79.9. The molecular formula is C30H27BrN4O5S2. The van der Waals surface area contributed by atoms with Crippen molar-refractivity contribution >= 4 is 75.7 Å². The van der Waals surface area contributed by atoms with Crippen LogP contribution in [0.1, 0.15) is 42.6 Å². The first-order valence-corrected chi connectivity index (χ1v) is 16.3. The van der Waals surface area contributed by atoms with Gasteiger partial charge < -0.3 is 4.42 Å². The molecular weight excluding hydrogens is 640 g/mol. The molecule has 0 fully saturated rings. The summed E-state index contributed by atoms with van der Waals surface area (Å²) in [6.07, 6.45) is 4.19. The first kappa shape index (κ1) is 29.8. The Kier molecular flexibility index (Phi) is 8.97. The molecule has 9 nitrogen and oxygen atoms in total. The predicted molar refractivity (Wildman–Crippen MR) is 170 cm³/mol. The van der Waals surface area contributed by atoms with Crippen LogP contribution < -0.4 is 10.4 Å². The Hall–Kier alpha value is -3.71. The second-order valence-corrected chi connectivity index (χ2v) is 13.2. The van der Waals surface area contributed by atoms with Gasteiger partial charge in [-0.15, -0.1) is 0 Å². The number of hydrogen-bond acceptors (Lipinski definition) is 8. The van der Waals surface area contributed by atoms with Gasteiger partial charge >= 0.3 is 0 Å². The molecule has 1 amide bonds. The number of para-hydroxylation sites is 1. The third-order valence-electron chi connectivity index (χ3n) is 6.58. The van der Waals surface area contributed by atoms with E-state index in [1.807, 2.05) is 25.1 Å². The Morgan fingerprint density at radius 2 is 1.86 bits per heavy atom. The van der Waals surface area contributed by atoms with Gasteiger partial charge in [-0.05, 0) is 61.0 Å². The number of hydrazone groups is 1. The van der Waals surface area contributed by atoms with Gasteiger partial charge in [0.25, 0.3) is 5.91 Å². The predicted octanol–water partition coefficient (Wildman–Crippen LogP) is 6.66. The Morgan fingerprint density at radius 3 is 2.60 bits per heavy atom. The fourth-order valence-electron chi connectivity index (χ4n) is 4.29. The van der Waals surface area contributed by atoms with E-state index in [0.29, 0.717) is 29.6 Å². The van der Waals surface area contributed by atoms with Crippen molar-refractivity contribution in [3.8, 4) is 0 Å². The van der Waals surface area contributed by atoms with Crippen molar-refractivity contribution in [3.63, 3.8) is 0 Å². The average molecular weight is 668 g/mol. The van der Waals surface area contributed by atoms with Crippen LogP contribution >= 0.6 is 27.3 Å². The number of amides is 1. The molecule has 2 heterocycles. The van der Waals surface area contributed by atoms with Gasteiger partial charge in [-0.1, -0.05) is 59.7 Å². The second-order valence-electron chi connectivity index (χ2n) is 9.36. The summed E-state index contributed by atoms with van der Waals surface area (Å²) in [6, 6.07) is 18.2. The largest absolute Gasteiger partial charge is 0.463 e. The van der Waals surface area contributed by atoms with Crippen LogP contribution in [0.15, 0.2) is 96.7 Å². The topological polar surface area (TPSA) is 113 Å². The zero-order valence-electron chi connectivity index (χ0n) is 22.9. The number of sulfonamides is 1. The summed E-state index contributed by atoms with van der Waals surface area (Å²) in [5.74, 6) is -0.545. The fourth-order valence-corrected chi connectivity index (χ4v) is 7.25. The van der Waals surface area contributed by atoms with Gasteiger partial charge in [-0.3, -0.25) is 9.59 Å². The molecule has 5 aromatic rings. The SMILES string of the molecule is CCCCN(CC)S(=O)(=O)c1ccc(C(=O)N(/N=C/c2coc3ccccc3c2=O)c2nc3ccc(Br)cc3s2)cc1. The molecule has 2 aromatic heterocycles. The van der Waals surface area contributed by atoms with Crippen LogP contribution in [-0.2, 0) is 10.0 Å². The van der Waals surface area contributed by atoms with Crippen LogP contribution in [0.2, 0.25) is 0 Å². The van der Waals surface area contributed by atoms with Crippen molar-refractivity contribution in [3.05, 3.63) is 98.8 Å². The molecule has 3 aromatic carbocycles. The van der Waals surface area contributed by atoms with Gasteiger partial charge in [0.2, 0.25) is 20.6 Å². The average Bonchev–Trinajstić information content (AvgIpc) is 3.41. The van der Waals surface area contributed by atoms with Crippen LogP contribution in [0.5, 0.6) is 0 Å². The summed E-state index contributed by atoms with van der Waals surface area (Å²) in [5.41, 5.74) is 1.18. The van der Waals surface area contributed by atoms with Crippen molar-refractivity contribution < 1.29 is 17.6 Å². The molecule has 0 aliphatic heterocycles. The Morgan fingerprint density at radius 1 is 1.10 bits per heavy atom. The molecule has 0 spiro atoms. The summed E-state index contributed by atoms with van der Waals surface area (Å²) in [5, 5.41) is 6.16. The van der Waals surface area contributed by atoms with E-state index in [1.54, 1.807) is 31.2 Å². The van der Waals surface area contributed by atoms with E-state index in [4.69, 9.17) is 4.42 Å². The number of hydrogen-bond donors (Lipinski definition) is 0. The normalized spacial score (nSPS) is 12.1. The maximum Gasteiger partial charge on any atom is 0.280 e. The molecule has 0 bridgehead atoms. The number of carbonyl (C=O) groups excluding carboxylic acids is 1. The number of anilines is 1. The van der Waals surface area contributed by atoms with Gasteiger partial charge in [-0.25, -0.2) is 13.4 Å². The van der Waals surface area contributed by atoms with Gasteiger partial charge in [-0.2, -0.15) is 14.4 Å². The highest BCUT2D eigenvalue weighted by Gasteiger charge is 2.25. The zero-order valence-corrected chi connectivity index (χ0v) is 26.1. The molecule has 0 radical (unpaired) electrons. The summed E-state index contributed by atoms with van der Waals surface area (Å²) < 4.78 is 35.1. The van der Waals surface area contributed by atoms with E-state index in [-0.39, 0.29) is 26.6 Å². The molecule has 0 N–H and O–H groups in total. The number of nitrogens with zero attached hydrogens (tertiary/aromatic N) is 4. The highest BCUT2D eigenvalue weighted by molar-refractivity contribution is 9.10. The lowest BCUT2D eigenvalue weighted by molar-refractivity contribution is 0.0987. The van der Waals surface area contributed by atoms with Crippen molar-refractivity contribution in [1.82, 2.24) is 9.29 Å². The number of rotatable bonds is 10. The Balaban J connectivity index is 1.52. The lowest BCUT2D eigenvalue weighted by atomic mass is 10.2. The maximum absolute atomic E-state index is 13.8. The fraction of sp³-hybridized carbons (Fsp3) is 0.200. The third kappa shape index (κ3) is 6.07.